The highest BCUT2D eigenvalue weighted by Crippen LogP contribution is 2.28. The number of urea groups is 1. The molecule has 5 rings (SSSR count). The number of fused-ring (bicyclic) bond motifs is 3. The van der Waals surface area contributed by atoms with Crippen molar-refractivity contribution in [2.45, 2.75) is 6.42 Å². The number of rotatable bonds is 3. The van der Waals surface area contributed by atoms with E-state index in [0.29, 0.717) is 35.9 Å². The molecule has 0 unspecified atom stereocenters. The summed E-state index contributed by atoms with van der Waals surface area (Å²) in [6.07, 6.45) is 2.81. The van der Waals surface area contributed by atoms with E-state index in [-0.39, 0.29) is 6.03 Å². The van der Waals surface area contributed by atoms with Gasteiger partial charge in [0.15, 0.2) is 5.82 Å². The van der Waals surface area contributed by atoms with Crippen LogP contribution in [0, 0.1) is 0 Å². The average Bonchev–Trinajstić information content (AvgIpc) is 3.21. The molecule has 0 radical (unpaired) electrons. The van der Waals surface area contributed by atoms with Crippen LogP contribution < -0.4 is 10.2 Å². The number of esters is 1. The van der Waals surface area contributed by atoms with Gasteiger partial charge in [-0.1, -0.05) is 23.7 Å². The standard InChI is InChI=1S/C25H24ClN5O3/c1-34-24(32)18-6-2-3-7-19(18)28-25(33)30-12-5-11-29(14-15-30)23-22-8-4-13-31(22)21-10-9-17(26)16-20(21)27-23/h2-4,6-10,13,16H,5,11-12,14-15H2,1H3,(H,28,33). The third-order valence-corrected chi connectivity index (χ3v) is 6.29. The van der Waals surface area contributed by atoms with Crippen molar-refractivity contribution >= 4 is 51.7 Å². The second kappa shape index (κ2) is 9.23. The van der Waals surface area contributed by atoms with Crippen molar-refractivity contribution in [2.24, 2.45) is 0 Å². The minimum absolute atomic E-state index is 0.246. The Bertz CT molecular complexity index is 1390. The number of nitrogens with zero attached hydrogens (tertiary/aromatic N) is 4. The van der Waals surface area contributed by atoms with Gasteiger partial charge in [-0.2, -0.15) is 0 Å². The molecule has 34 heavy (non-hydrogen) atoms. The van der Waals surface area contributed by atoms with Crippen LogP contribution in [0.1, 0.15) is 16.8 Å². The van der Waals surface area contributed by atoms with Crippen LogP contribution in [0.15, 0.2) is 60.8 Å². The predicted octanol–water partition coefficient (Wildman–Crippen LogP) is 4.67. The second-order valence-electron chi connectivity index (χ2n) is 8.13. The van der Waals surface area contributed by atoms with Crippen LogP contribution in [0.4, 0.5) is 16.3 Å². The third kappa shape index (κ3) is 4.12. The number of hydrogen-bond acceptors (Lipinski definition) is 5. The van der Waals surface area contributed by atoms with E-state index in [9.17, 15) is 9.59 Å². The van der Waals surface area contributed by atoms with Gasteiger partial charge in [0.25, 0.3) is 0 Å². The van der Waals surface area contributed by atoms with E-state index in [0.717, 1.165) is 35.3 Å². The van der Waals surface area contributed by atoms with E-state index >= 15 is 0 Å². The Balaban J connectivity index is 1.36. The van der Waals surface area contributed by atoms with E-state index in [1.807, 2.05) is 30.5 Å². The van der Waals surface area contributed by atoms with Crippen molar-refractivity contribution in [3.8, 4) is 0 Å². The fourth-order valence-electron chi connectivity index (χ4n) is 4.37. The first-order valence-electron chi connectivity index (χ1n) is 11.1. The van der Waals surface area contributed by atoms with Crippen LogP contribution in [-0.2, 0) is 4.74 Å². The number of para-hydroxylation sites is 1. The van der Waals surface area contributed by atoms with Gasteiger partial charge in [0.1, 0.15) is 0 Å². The van der Waals surface area contributed by atoms with Crippen LogP contribution in [0.5, 0.6) is 0 Å². The Morgan fingerprint density at radius 2 is 1.85 bits per heavy atom. The Kier molecular flexibility index (Phi) is 5.98. The Labute approximate surface area is 201 Å². The Hall–Kier alpha value is -3.78. The molecule has 0 atom stereocenters. The highest BCUT2D eigenvalue weighted by atomic mass is 35.5. The molecule has 1 saturated heterocycles. The number of halogens is 1. The number of hydrogen-bond donors (Lipinski definition) is 1. The van der Waals surface area contributed by atoms with E-state index < -0.39 is 5.97 Å². The number of amides is 2. The maximum Gasteiger partial charge on any atom is 0.339 e. The maximum atomic E-state index is 13.0. The number of nitrogens with one attached hydrogen (secondary N) is 1. The van der Waals surface area contributed by atoms with E-state index in [1.165, 1.54) is 7.11 Å². The average molecular weight is 478 g/mol. The molecule has 4 aromatic rings. The van der Waals surface area contributed by atoms with Gasteiger partial charge in [0.2, 0.25) is 0 Å². The summed E-state index contributed by atoms with van der Waals surface area (Å²) < 4.78 is 6.94. The van der Waals surface area contributed by atoms with Crippen molar-refractivity contribution in [2.75, 3.05) is 43.5 Å². The maximum absolute atomic E-state index is 13.0. The lowest BCUT2D eigenvalue weighted by Crippen LogP contribution is -2.38. The van der Waals surface area contributed by atoms with Gasteiger partial charge >= 0.3 is 12.0 Å². The Morgan fingerprint density at radius 3 is 2.71 bits per heavy atom. The number of methoxy groups -OCH3 is 1. The van der Waals surface area contributed by atoms with E-state index in [1.54, 1.807) is 29.2 Å². The molecule has 1 aliphatic heterocycles. The molecule has 0 bridgehead atoms. The normalized spacial score (nSPS) is 14.3. The summed E-state index contributed by atoms with van der Waals surface area (Å²) in [5.41, 5.74) is 3.59. The second-order valence-corrected chi connectivity index (χ2v) is 8.56. The van der Waals surface area contributed by atoms with Crippen molar-refractivity contribution in [3.63, 3.8) is 0 Å². The van der Waals surface area contributed by atoms with Crippen molar-refractivity contribution in [1.29, 1.82) is 0 Å². The van der Waals surface area contributed by atoms with Gasteiger partial charge in [0, 0.05) is 37.4 Å². The number of anilines is 2. The predicted molar refractivity (Wildman–Crippen MR) is 133 cm³/mol. The summed E-state index contributed by atoms with van der Waals surface area (Å²) in [6, 6.07) is 16.4. The van der Waals surface area contributed by atoms with Gasteiger partial charge in [0.05, 0.1) is 34.9 Å². The van der Waals surface area contributed by atoms with Gasteiger partial charge in [-0.05, 0) is 48.9 Å². The molecule has 174 valence electrons. The Morgan fingerprint density at radius 1 is 1.00 bits per heavy atom. The van der Waals surface area contributed by atoms with Gasteiger partial charge in [-0.25, -0.2) is 14.6 Å². The van der Waals surface area contributed by atoms with E-state index in [4.69, 9.17) is 21.3 Å². The number of aromatic nitrogens is 2. The quantitative estimate of drug-likeness (QED) is 0.434. The van der Waals surface area contributed by atoms with Crippen molar-refractivity contribution < 1.29 is 14.3 Å². The van der Waals surface area contributed by atoms with Crippen LogP contribution in [-0.4, -0.2) is 59.6 Å². The van der Waals surface area contributed by atoms with Crippen molar-refractivity contribution in [1.82, 2.24) is 14.3 Å². The minimum atomic E-state index is -0.489. The van der Waals surface area contributed by atoms with Crippen molar-refractivity contribution in [3.05, 3.63) is 71.4 Å². The smallest absolute Gasteiger partial charge is 0.339 e. The van der Waals surface area contributed by atoms with Crippen LogP contribution >= 0.6 is 11.6 Å². The number of ether oxygens (including phenoxy) is 1. The van der Waals surface area contributed by atoms with Crippen LogP contribution in [0.2, 0.25) is 5.02 Å². The SMILES string of the molecule is COC(=O)c1ccccc1NC(=O)N1CCCN(c2nc3cc(Cl)ccc3n3cccc23)CC1. The lowest BCUT2D eigenvalue weighted by molar-refractivity contribution is 0.0602. The van der Waals surface area contributed by atoms with Crippen LogP contribution in [0.25, 0.3) is 16.6 Å². The molecule has 3 heterocycles. The summed E-state index contributed by atoms with van der Waals surface area (Å²) in [5.74, 6) is 0.384. The molecule has 0 aliphatic carbocycles. The molecule has 2 amide bonds. The fraction of sp³-hybridized carbons (Fsp3) is 0.240. The number of carbonyl (C=O) groups excluding carboxylic acids is 2. The van der Waals surface area contributed by atoms with Gasteiger partial charge < -0.3 is 24.3 Å². The van der Waals surface area contributed by atoms with Gasteiger partial charge in [-0.3, -0.25) is 0 Å². The molecule has 1 N–H and O–H groups in total. The summed E-state index contributed by atoms with van der Waals surface area (Å²) in [7, 11) is 1.32. The summed E-state index contributed by atoms with van der Waals surface area (Å²) >= 11 is 6.23. The lowest BCUT2D eigenvalue weighted by Gasteiger charge is -2.24. The molecule has 8 nitrogen and oxygen atoms in total. The number of carbonyl (C=O) groups is 2. The first-order valence-corrected chi connectivity index (χ1v) is 11.5. The summed E-state index contributed by atoms with van der Waals surface area (Å²) in [6.45, 7) is 2.52. The van der Waals surface area contributed by atoms with Crippen LogP contribution in [0.3, 0.4) is 0 Å². The first kappa shape index (κ1) is 22.0. The molecule has 1 fully saturated rings. The highest BCUT2D eigenvalue weighted by molar-refractivity contribution is 6.31. The molecule has 2 aromatic carbocycles. The summed E-state index contributed by atoms with van der Waals surface area (Å²) in [5, 5.41) is 3.51. The number of benzene rings is 2. The molecule has 0 spiro atoms. The molecule has 1 aliphatic rings. The molecular weight excluding hydrogens is 454 g/mol. The topological polar surface area (TPSA) is 79.2 Å². The minimum Gasteiger partial charge on any atom is -0.465 e. The van der Waals surface area contributed by atoms with Gasteiger partial charge in [-0.15, -0.1) is 0 Å². The first-order chi connectivity index (χ1) is 16.5. The zero-order chi connectivity index (χ0) is 23.7. The highest BCUT2D eigenvalue weighted by Gasteiger charge is 2.23. The third-order valence-electron chi connectivity index (χ3n) is 6.06. The lowest BCUT2D eigenvalue weighted by atomic mass is 10.2. The molecule has 0 saturated carbocycles. The molecule has 9 heteroatoms. The summed E-state index contributed by atoms with van der Waals surface area (Å²) in [4.78, 5) is 34.0. The zero-order valence-corrected chi connectivity index (χ0v) is 19.5. The zero-order valence-electron chi connectivity index (χ0n) is 18.7. The fourth-order valence-corrected chi connectivity index (χ4v) is 4.54. The largest absolute Gasteiger partial charge is 0.465 e. The van der Waals surface area contributed by atoms with E-state index in [2.05, 4.69) is 20.7 Å². The molecular formula is C25H24ClN5O3. The monoisotopic (exact) mass is 477 g/mol. The molecule has 2 aromatic heterocycles.